The van der Waals surface area contributed by atoms with E-state index in [2.05, 4.69) is 23.4 Å². The van der Waals surface area contributed by atoms with Crippen molar-refractivity contribution in [2.75, 3.05) is 6.26 Å². The van der Waals surface area contributed by atoms with Gasteiger partial charge in [0.15, 0.2) is 0 Å². The molecule has 0 bridgehead atoms. The first kappa shape index (κ1) is 14.9. The van der Waals surface area contributed by atoms with Crippen LogP contribution < -0.4 is 5.69 Å². The average Bonchev–Trinajstić information content (AvgIpc) is 2.54. The largest absolute Gasteiger partial charge is 0.348 e. The van der Waals surface area contributed by atoms with Crippen LogP contribution in [-0.4, -0.2) is 15.8 Å². The maximum atomic E-state index is 12.5. The Hall–Kier alpha value is -2.07. The van der Waals surface area contributed by atoms with Gasteiger partial charge >= 0.3 is 5.69 Å². The van der Waals surface area contributed by atoms with E-state index < -0.39 is 0 Å². The smallest absolute Gasteiger partial charge is 0.289 e. The van der Waals surface area contributed by atoms with E-state index in [0.29, 0.717) is 0 Å². The van der Waals surface area contributed by atoms with Gasteiger partial charge < -0.3 is 0 Å². The highest BCUT2D eigenvalue weighted by molar-refractivity contribution is 7.98. The molecule has 0 spiro atoms. The van der Waals surface area contributed by atoms with Crippen LogP contribution in [0.5, 0.6) is 0 Å². The number of fused-ring (bicyclic) bond motifs is 1. The summed E-state index contributed by atoms with van der Waals surface area (Å²) in [5, 5.41) is 1.02. The lowest BCUT2D eigenvalue weighted by atomic mass is 10.1. The summed E-state index contributed by atoms with van der Waals surface area (Å²) in [5.41, 5.74) is 2.47. The minimum atomic E-state index is -0.196. The lowest BCUT2D eigenvalue weighted by Crippen LogP contribution is -2.25. The van der Waals surface area contributed by atoms with E-state index in [0.717, 1.165) is 22.2 Å². The number of hydrogen-bond acceptors (Lipinski definition) is 3. The van der Waals surface area contributed by atoms with Crippen LogP contribution >= 0.6 is 11.8 Å². The van der Waals surface area contributed by atoms with Gasteiger partial charge in [-0.15, -0.1) is 11.8 Å². The minimum Gasteiger partial charge on any atom is -0.289 e. The van der Waals surface area contributed by atoms with Gasteiger partial charge in [-0.3, -0.25) is 4.57 Å². The van der Waals surface area contributed by atoms with Gasteiger partial charge in [-0.2, -0.15) is 4.98 Å². The van der Waals surface area contributed by atoms with E-state index in [9.17, 15) is 4.79 Å². The summed E-state index contributed by atoms with van der Waals surface area (Å²) in [6, 6.07) is 16.2. The number of thioether (sulfide) groups is 1. The van der Waals surface area contributed by atoms with Gasteiger partial charge in [0.25, 0.3) is 0 Å². The predicted molar refractivity (Wildman–Crippen MR) is 93.6 cm³/mol. The topological polar surface area (TPSA) is 34.9 Å². The van der Waals surface area contributed by atoms with Crippen molar-refractivity contribution in [2.45, 2.75) is 24.8 Å². The van der Waals surface area contributed by atoms with Crippen molar-refractivity contribution in [1.82, 2.24) is 9.55 Å². The average molecular weight is 310 g/mol. The predicted octanol–water partition coefficient (Wildman–Crippen LogP) is 4.37. The molecule has 112 valence electrons. The molecule has 0 aliphatic carbocycles. The van der Waals surface area contributed by atoms with E-state index in [1.807, 2.05) is 50.2 Å². The molecule has 0 unspecified atom stereocenters. The second-order valence-corrected chi connectivity index (χ2v) is 6.34. The van der Waals surface area contributed by atoms with E-state index in [1.54, 1.807) is 16.3 Å². The van der Waals surface area contributed by atoms with Crippen LogP contribution in [0.1, 0.15) is 19.9 Å². The molecule has 0 radical (unpaired) electrons. The van der Waals surface area contributed by atoms with Crippen molar-refractivity contribution in [3.8, 4) is 11.3 Å². The van der Waals surface area contributed by atoms with Crippen molar-refractivity contribution in [1.29, 1.82) is 0 Å². The molecule has 0 saturated carbocycles. The van der Waals surface area contributed by atoms with E-state index in [4.69, 9.17) is 0 Å². The van der Waals surface area contributed by atoms with Crippen LogP contribution in [0.4, 0.5) is 0 Å². The lowest BCUT2D eigenvalue weighted by Gasteiger charge is -2.16. The van der Waals surface area contributed by atoms with E-state index in [1.165, 1.54) is 4.90 Å². The third-order valence-electron chi connectivity index (χ3n) is 3.70. The lowest BCUT2D eigenvalue weighted by molar-refractivity contribution is 0.587. The molecule has 3 rings (SSSR count). The summed E-state index contributed by atoms with van der Waals surface area (Å²) < 4.78 is 1.76. The molecule has 3 aromatic rings. The molecule has 0 amide bonds. The zero-order chi connectivity index (χ0) is 15.7. The highest BCUT2D eigenvalue weighted by Crippen LogP contribution is 2.29. The highest BCUT2D eigenvalue weighted by Gasteiger charge is 2.14. The summed E-state index contributed by atoms with van der Waals surface area (Å²) in [6.07, 6.45) is 2.05. The second kappa shape index (κ2) is 5.97. The quantitative estimate of drug-likeness (QED) is 0.674. The van der Waals surface area contributed by atoms with Crippen molar-refractivity contribution < 1.29 is 0 Å². The zero-order valence-corrected chi connectivity index (χ0v) is 13.7. The molecule has 1 aromatic heterocycles. The molecular weight excluding hydrogens is 292 g/mol. The van der Waals surface area contributed by atoms with Crippen LogP contribution in [-0.2, 0) is 0 Å². The highest BCUT2D eigenvalue weighted by atomic mass is 32.2. The molecule has 1 heterocycles. The number of nitrogens with zero attached hydrogens (tertiary/aromatic N) is 2. The molecule has 4 heteroatoms. The Bertz CT molecular complexity index is 869. The Morgan fingerprint density at radius 2 is 1.82 bits per heavy atom. The monoisotopic (exact) mass is 310 g/mol. The molecule has 0 fully saturated rings. The molecular formula is C18H18N2OS. The van der Waals surface area contributed by atoms with Crippen LogP contribution in [0, 0.1) is 0 Å². The molecule has 2 aromatic carbocycles. The summed E-state index contributed by atoms with van der Waals surface area (Å²) in [4.78, 5) is 18.0. The third-order valence-corrected chi connectivity index (χ3v) is 4.42. The van der Waals surface area contributed by atoms with Crippen LogP contribution in [0.2, 0.25) is 0 Å². The van der Waals surface area contributed by atoms with Crippen LogP contribution in [0.15, 0.2) is 58.2 Å². The van der Waals surface area contributed by atoms with Gasteiger partial charge in [-0.25, -0.2) is 4.79 Å². The SMILES string of the molecule is CSc1ccc2c(c1)c(-c1ccccc1)nc(=O)n2C(C)C. The minimum absolute atomic E-state index is 0.0763. The van der Waals surface area contributed by atoms with Gasteiger partial charge in [0, 0.05) is 21.9 Å². The molecule has 22 heavy (non-hydrogen) atoms. The Morgan fingerprint density at radius 3 is 2.45 bits per heavy atom. The fourth-order valence-electron chi connectivity index (χ4n) is 2.67. The van der Waals surface area contributed by atoms with Crippen molar-refractivity contribution in [3.63, 3.8) is 0 Å². The standard InChI is InChI=1S/C18H18N2OS/c1-12(2)20-16-10-9-14(22-3)11-15(16)17(19-18(20)21)13-7-5-4-6-8-13/h4-12H,1-3H3. The Labute approximate surface area is 134 Å². The first-order valence-corrected chi connectivity index (χ1v) is 8.50. The first-order chi connectivity index (χ1) is 10.6. The number of rotatable bonds is 3. The first-order valence-electron chi connectivity index (χ1n) is 7.27. The molecule has 0 saturated heterocycles. The van der Waals surface area contributed by atoms with Gasteiger partial charge in [0.05, 0.1) is 11.2 Å². The van der Waals surface area contributed by atoms with E-state index in [-0.39, 0.29) is 11.7 Å². The molecule has 0 atom stereocenters. The van der Waals surface area contributed by atoms with Crippen LogP contribution in [0.3, 0.4) is 0 Å². The van der Waals surface area contributed by atoms with Crippen molar-refractivity contribution in [2.24, 2.45) is 0 Å². The molecule has 0 aliphatic rings. The summed E-state index contributed by atoms with van der Waals surface area (Å²) in [6.45, 7) is 4.01. The van der Waals surface area contributed by atoms with Crippen molar-refractivity contribution >= 4 is 22.7 Å². The summed E-state index contributed by atoms with van der Waals surface area (Å²) in [7, 11) is 0. The maximum absolute atomic E-state index is 12.5. The second-order valence-electron chi connectivity index (χ2n) is 5.46. The summed E-state index contributed by atoms with van der Waals surface area (Å²) >= 11 is 1.69. The maximum Gasteiger partial charge on any atom is 0.348 e. The van der Waals surface area contributed by atoms with Gasteiger partial charge in [-0.05, 0) is 38.3 Å². The third kappa shape index (κ3) is 2.55. The Morgan fingerprint density at radius 1 is 1.09 bits per heavy atom. The van der Waals surface area contributed by atoms with Crippen LogP contribution in [0.25, 0.3) is 22.2 Å². The number of hydrogen-bond donors (Lipinski definition) is 0. The molecule has 0 N–H and O–H groups in total. The Balaban J connectivity index is 2.42. The van der Waals surface area contributed by atoms with Gasteiger partial charge in [0.1, 0.15) is 0 Å². The Kier molecular flexibility index (Phi) is 4.03. The fourth-order valence-corrected chi connectivity index (χ4v) is 3.11. The number of benzene rings is 2. The fraction of sp³-hybridized carbons (Fsp3) is 0.222. The molecule has 0 aliphatic heterocycles. The van der Waals surface area contributed by atoms with Crippen molar-refractivity contribution in [3.05, 3.63) is 59.0 Å². The zero-order valence-electron chi connectivity index (χ0n) is 12.9. The van der Waals surface area contributed by atoms with Gasteiger partial charge in [0.2, 0.25) is 0 Å². The summed E-state index contributed by atoms with van der Waals surface area (Å²) in [5.74, 6) is 0. The molecule has 3 nitrogen and oxygen atoms in total. The van der Waals surface area contributed by atoms with E-state index >= 15 is 0 Å². The van der Waals surface area contributed by atoms with Gasteiger partial charge in [-0.1, -0.05) is 30.3 Å². The number of aromatic nitrogens is 2. The normalized spacial score (nSPS) is 11.3.